The van der Waals surface area contributed by atoms with Crippen molar-refractivity contribution < 1.29 is 41.8 Å². The number of amides is 3. The molecule has 0 saturated carbocycles. The number of carboxylic acids is 2. The monoisotopic (exact) mass is 989 g/mol. The van der Waals surface area contributed by atoms with E-state index in [0.717, 1.165) is 50.1 Å². The first-order valence-corrected chi connectivity index (χ1v) is 23.7. The van der Waals surface area contributed by atoms with Gasteiger partial charge < -0.3 is 57.1 Å². The Balaban J connectivity index is 0.000000305. The molecule has 2 aromatic carbocycles. The van der Waals surface area contributed by atoms with Crippen molar-refractivity contribution in [3.63, 3.8) is 0 Å². The van der Waals surface area contributed by atoms with Gasteiger partial charge in [-0.1, -0.05) is 24.3 Å². The summed E-state index contributed by atoms with van der Waals surface area (Å²) in [5.74, 6) is -0.943. The second-order valence-electron chi connectivity index (χ2n) is 19.0. The lowest BCUT2D eigenvalue weighted by Crippen LogP contribution is -2.41. The predicted octanol–water partition coefficient (Wildman–Crippen LogP) is 6.74. The smallest absolute Gasteiger partial charge is 0.410 e. The Morgan fingerprint density at radius 2 is 1.01 bits per heavy atom. The highest BCUT2D eigenvalue weighted by atomic mass is 35.5. The minimum absolute atomic E-state index is 0. The third kappa shape index (κ3) is 13.9. The highest BCUT2D eigenvalue weighted by Crippen LogP contribution is 2.32. The first kappa shape index (κ1) is 52.6. The number of primary amides is 2. The number of nitrogens with two attached hydrogens (primary N) is 2. The van der Waals surface area contributed by atoms with Gasteiger partial charge in [-0.15, -0.1) is 12.4 Å². The van der Waals surface area contributed by atoms with Crippen LogP contribution in [0.3, 0.4) is 0 Å². The fourth-order valence-electron chi connectivity index (χ4n) is 9.14. The van der Waals surface area contributed by atoms with Crippen molar-refractivity contribution >= 4 is 76.9 Å². The minimum atomic E-state index is -0.779. The van der Waals surface area contributed by atoms with Crippen molar-refractivity contribution in [1.82, 2.24) is 30.2 Å². The molecule has 4 aliphatic heterocycles. The average Bonchev–Trinajstić information content (AvgIpc) is 3.34. The quantitative estimate of drug-likeness (QED) is 0.0774. The maximum absolute atomic E-state index is 12.3. The first-order chi connectivity index (χ1) is 33.0. The topological polar surface area (TPSA) is 284 Å². The first-order valence-electron chi connectivity index (χ1n) is 23.7. The number of ether oxygens (including phenoxy) is 1. The molecule has 0 radical (unpaired) electrons. The number of aromatic nitrogens is 4. The third-order valence-corrected chi connectivity index (χ3v) is 13.1. The van der Waals surface area contributed by atoms with Gasteiger partial charge >= 0.3 is 18.0 Å². The van der Waals surface area contributed by atoms with E-state index in [-0.39, 0.29) is 50.4 Å². The maximum atomic E-state index is 12.3. The van der Waals surface area contributed by atoms with Crippen LogP contribution in [-0.2, 0) is 14.3 Å². The van der Waals surface area contributed by atoms with Crippen LogP contribution in [-0.4, -0.2) is 123 Å². The minimum Gasteiger partial charge on any atom is -0.481 e. The van der Waals surface area contributed by atoms with E-state index in [1.165, 1.54) is 23.5 Å². The van der Waals surface area contributed by atoms with Crippen LogP contribution >= 0.6 is 12.4 Å². The molecule has 3 amide bonds. The van der Waals surface area contributed by atoms with Crippen LogP contribution in [0, 0.1) is 11.8 Å². The summed E-state index contributed by atoms with van der Waals surface area (Å²) in [5.41, 5.74) is 14.7. The third-order valence-electron chi connectivity index (χ3n) is 13.1. The van der Waals surface area contributed by atoms with Crippen molar-refractivity contribution in [1.29, 1.82) is 0 Å². The summed E-state index contributed by atoms with van der Waals surface area (Å²) in [5, 5.41) is 28.2. The number of aliphatic carboxylic acids is 2. The van der Waals surface area contributed by atoms with Crippen LogP contribution < -0.4 is 37.2 Å². The Hall–Kier alpha value is -6.80. The molecule has 2 aromatic heterocycles. The Bertz CT molecular complexity index is 2460. The van der Waals surface area contributed by atoms with Gasteiger partial charge in [0, 0.05) is 53.5 Å². The normalized spacial score (nSPS) is 17.3. The average molecular weight is 990 g/mol. The van der Waals surface area contributed by atoms with Crippen LogP contribution in [0.15, 0.2) is 60.9 Å². The van der Waals surface area contributed by atoms with Gasteiger partial charge in [0.1, 0.15) is 17.2 Å². The van der Waals surface area contributed by atoms with Crippen LogP contribution in [0.1, 0.15) is 119 Å². The van der Waals surface area contributed by atoms with Gasteiger partial charge in [0.05, 0.1) is 24.2 Å². The molecule has 4 saturated heterocycles. The van der Waals surface area contributed by atoms with E-state index >= 15 is 0 Å². The molecule has 4 fully saturated rings. The van der Waals surface area contributed by atoms with E-state index in [0.29, 0.717) is 94.2 Å². The number of anilines is 6. The molecule has 0 unspecified atom stereocenters. The fourth-order valence-corrected chi connectivity index (χ4v) is 9.14. The molecule has 0 atom stereocenters. The summed E-state index contributed by atoms with van der Waals surface area (Å²) in [6.45, 7) is 11.2. The fraction of sp³-hybridized carbons (Fsp3) is 0.490. The Kier molecular flexibility index (Phi) is 17.8. The highest BCUT2D eigenvalue weighted by molar-refractivity contribution is 5.97. The zero-order valence-electron chi connectivity index (χ0n) is 39.9. The van der Waals surface area contributed by atoms with Crippen LogP contribution in [0.25, 0.3) is 0 Å². The Morgan fingerprint density at radius 3 is 1.37 bits per heavy atom. The van der Waals surface area contributed by atoms with Gasteiger partial charge in [0.15, 0.2) is 23.0 Å². The van der Waals surface area contributed by atoms with E-state index in [1.54, 1.807) is 4.90 Å². The molecular formula is C49H69ClN12O8. The number of hydrogen-bond donors (Lipinski definition) is 7. The lowest BCUT2D eigenvalue weighted by molar-refractivity contribution is -0.143. The van der Waals surface area contributed by atoms with Crippen molar-refractivity contribution in [2.75, 3.05) is 72.8 Å². The molecule has 4 aromatic rings. The van der Waals surface area contributed by atoms with E-state index in [1.807, 2.05) is 67.0 Å². The number of carbonyl (C=O) groups is 5. The summed E-state index contributed by atoms with van der Waals surface area (Å²) < 4.78 is 5.49. The second kappa shape index (κ2) is 23.7. The zero-order valence-corrected chi connectivity index (χ0v) is 40.8. The summed E-state index contributed by atoms with van der Waals surface area (Å²) in [7, 11) is 0. The molecule has 9 N–H and O–H groups in total. The lowest BCUT2D eigenvalue weighted by Gasteiger charge is -2.33. The molecule has 0 bridgehead atoms. The molecule has 6 heterocycles. The van der Waals surface area contributed by atoms with E-state index in [2.05, 4.69) is 48.0 Å². The van der Waals surface area contributed by atoms with Crippen LogP contribution in [0.5, 0.6) is 0 Å². The number of carboxylic acid groups (broad SMARTS) is 2. The van der Waals surface area contributed by atoms with Crippen LogP contribution in [0.2, 0.25) is 0 Å². The second-order valence-corrected chi connectivity index (χ2v) is 19.0. The van der Waals surface area contributed by atoms with E-state index < -0.39 is 29.4 Å². The standard InChI is InChI=1S/C27H36N6O5.C22H28N6O3.ClH.2H2/c1-27(2,3)38-26(37)33-14-8-18(9-15-33)17-4-6-20(7-5-17)30-24-22(23(28)34)29-16-21(31-24)32-12-10-19(11-13-32)25(35)36;23-20(29)19-21(26-17-3-1-14(2-4-17)15-5-9-24-10-6-15)27-18(13-25-19)28-11-7-16(8-12-28)22(30)31;;;/h4-7,16,18-19H,8-15H2,1-3H3,(H2,28,34)(H,30,31)(H,35,36);1-4,13,15-16,24H,5-12H2,(H2,23,29)(H,26,27)(H,30,31);3*1H. The number of rotatable bonds is 12. The van der Waals surface area contributed by atoms with Gasteiger partial charge in [0.2, 0.25) is 0 Å². The summed E-state index contributed by atoms with van der Waals surface area (Å²) in [4.78, 5) is 82.0. The molecule has 0 spiro atoms. The number of likely N-dealkylation sites (tertiary alicyclic amines) is 1. The largest absolute Gasteiger partial charge is 0.481 e. The zero-order chi connectivity index (χ0) is 49.2. The maximum Gasteiger partial charge on any atom is 0.410 e. The van der Waals surface area contributed by atoms with Crippen molar-refractivity contribution in [2.45, 2.75) is 89.6 Å². The molecule has 21 heteroatoms. The lowest BCUT2D eigenvalue weighted by atomic mass is 9.89. The predicted molar refractivity (Wildman–Crippen MR) is 272 cm³/mol. The van der Waals surface area contributed by atoms with Gasteiger partial charge in [-0.25, -0.2) is 24.7 Å². The number of benzene rings is 2. The number of carbonyl (C=O) groups excluding carboxylic acids is 3. The molecule has 70 heavy (non-hydrogen) atoms. The van der Waals surface area contributed by atoms with Gasteiger partial charge in [-0.3, -0.25) is 19.2 Å². The van der Waals surface area contributed by atoms with Crippen LogP contribution in [0.4, 0.5) is 39.4 Å². The van der Waals surface area contributed by atoms with Crippen molar-refractivity contribution in [3.05, 3.63) is 83.4 Å². The SMILES string of the molecule is CC(C)(C)OC(=O)N1CCC(c2ccc(Nc3nc(N4CCC(C(=O)O)CC4)cnc3C(N)=O)cc2)CC1.Cl.NC(=O)c1ncc(N2CCC(C(=O)O)CC2)nc1Nc1ccc(C2CCNCC2)cc1.[HH].[HH]. The Morgan fingerprint density at radius 1 is 0.629 bits per heavy atom. The summed E-state index contributed by atoms with van der Waals surface area (Å²) in [6.07, 6.45) is 8.86. The molecule has 8 rings (SSSR count). The summed E-state index contributed by atoms with van der Waals surface area (Å²) >= 11 is 0. The van der Waals surface area contributed by atoms with Crippen molar-refractivity contribution in [2.24, 2.45) is 23.3 Å². The highest BCUT2D eigenvalue weighted by Gasteiger charge is 2.30. The molecule has 20 nitrogen and oxygen atoms in total. The number of piperidine rings is 4. The van der Waals surface area contributed by atoms with E-state index in [9.17, 15) is 34.2 Å². The molecule has 0 aliphatic carbocycles. The molecule has 380 valence electrons. The van der Waals surface area contributed by atoms with Crippen molar-refractivity contribution in [3.8, 4) is 0 Å². The van der Waals surface area contributed by atoms with Gasteiger partial charge in [-0.2, -0.15) is 0 Å². The molecular weight excluding hydrogens is 920 g/mol. The number of nitrogens with zero attached hydrogens (tertiary/aromatic N) is 7. The summed E-state index contributed by atoms with van der Waals surface area (Å²) in [6, 6.07) is 16.1. The van der Waals surface area contributed by atoms with Gasteiger partial charge in [0.25, 0.3) is 11.8 Å². The van der Waals surface area contributed by atoms with E-state index in [4.69, 9.17) is 16.2 Å². The number of nitrogens with one attached hydrogen (secondary N) is 3. The van der Waals surface area contributed by atoms with Gasteiger partial charge in [-0.05, 0) is 132 Å². The molecule has 4 aliphatic rings. The number of hydrogen-bond acceptors (Lipinski definition) is 15. The Labute approximate surface area is 416 Å². The number of halogens is 1.